The van der Waals surface area contributed by atoms with Crippen molar-refractivity contribution in [1.82, 2.24) is 5.32 Å². The summed E-state index contributed by atoms with van der Waals surface area (Å²) in [5, 5.41) is 4.30. The SMILES string of the molecule is CNC(c1cc(C)c(Cl)cc1C)C1CCOC1C. The Morgan fingerprint density at radius 3 is 2.61 bits per heavy atom. The first-order valence-corrected chi connectivity index (χ1v) is 6.98. The highest BCUT2D eigenvalue weighted by atomic mass is 35.5. The van der Waals surface area contributed by atoms with Crippen LogP contribution in [0, 0.1) is 19.8 Å². The van der Waals surface area contributed by atoms with Crippen molar-refractivity contribution in [2.75, 3.05) is 13.7 Å². The predicted molar refractivity (Wildman–Crippen MR) is 76.2 cm³/mol. The average molecular weight is 268 g/mol. The Balaban J connectivity index is 2.35. The fraction of sp³-hybridized carbons (Fsp3) is 0.600. The summed E-state index contributed by atoms with van der Waals surface area (Å²) in [5.74, 6) is 0.536. The molecule has 1 aliphatic rings. The van der Waals surface area contributed by atoms with Crippen molar-refractivity contribution < 1.29 is 4.74 Å². The third-order valence-electron chi connectivity index (χ3n) is 4.06. The highest BCUT2D eigenvalue weighted by molar-refractivity contribution is 6.31. The fourth-order valence-electron chi connectivity index (χ4n) is 2.92. The smallest absolute Gasteiger partial charge is 0.0594 e. The molecule has 1 aromatic rings. The molecule has 3 atom stereocenters. The van der Waals surface area contributed by atoms with Crippen molar-refractivity contribution in [1.29, 1.82) is 0 Å². The monoisotopic (exact) mass is 267 g/mol. The van der Waals surface area contributed by atoms with Gasteiger partial charge in [0.25, 0.3) is 0 Å². The summed E-state index contributed by atoms with van der Waals surface area (Å²) in [6, 6.07) is 4.62. The third kappa shape index (κ3) is 2.56. The van der Waals surface area contributed by atoms with Gasteiger partial charge in [0.15, 0.2) is 0 Å². The van der Waals surface area contributed by atoms with E-state index in [2.05, 4.69) is 38.2 Å². The molecule has 100 valence electrons. The largest absolute Gasteiger partial charge is 0.378 e. The van der Waals surface area contributed by atoms with Crippen LogP contribution >= 0.6 is 11.6 Å². The first-order valence-electron chi connectivity index (χ1n) is 6.60. The molecule has 1 aromatic carbocycles. The quantitative estimate of drug-likeness (QED) is 0.903. The van der Waals surface area contributed by atoms with Crippen molar-refractivity contribution in [2.45, 2.75) is 39.3 Å². The minimum absolute atomic E-state index is 0.317. The minimum atomic E-state index is 0.317. The van der Waals surface area contributed by atoms with Crippen LogP contribution in [0.2, 0.25) is 5.02 Å². The molecule has 0 bridgehead atoms. The Morgan fingerprint density at radius 1 is 1.33 bits per heavy atom. The standard InChI is InChI=1S/C15H22ClNO/c1-9-8-14(16)10(2)7-13(9)15(17-4)12-5-6-18-11(12)3/h7-8,11-12,15,17H,5-6H2,1-4H3. The number of hydrogen-bond donors (Lipinski definition) is 1. The van der Waals surface area contributed by atoms with Gasteiger partial charge in [-0.25, -0.2) is 0 Å². The molecule has 2 nitrogen and oxygen atoms in total. The average Bonchev–Trinajstić information content (AvgIpc) is 2.73. The zero-order chi connectivity index (χ0) is 13.3. The second-order valence-corrected chi connectivity index (χ2v) is 5.66. The number of rotatable bonds is 3. The molecule has 0 amide bonds. The number of benzene rings is 1. The Hall–Kier alpha value is -0.570. The summed E-state index contributed by atoms with van der Waals surface area (Å²) in [6.45, 7) is 7.23. The number of halogens is 1. The lowest BCUT2D eigenvalue weighted by Gasteiger charge is -2.27. The van der Waals surface area contributed by atoms with Crippen molar-refractivity contribution in [3.63, 3.8) is 0 Å². The molecule has 3 heteroatoms. The molecule has 3 unspecified atom stereocenters. The van der Waals surface area contributed by atoms with E-state index in [9.17, 15) is 0 Å². The van der Waals surface area contributed by atoms with Gasteiger partial charge >= 0.3 is 0 Å². The zero-order valence-electron chi connectivity index (χ0n) is 11.6. The highest BCUT2D eigenvalue weighted by Gasteiger charge is 2.32. The van der Waals surface area contributed by atoms with E-state index >= 15 is 0 Å². The van der Waals surface area contributed by atoms with Crippen LogP contribution in [0.3, 0.4) is 0 Å². The maximum absolute atomic E-state index is 6.18. The molecule has 0 aromatic heterocycles. The lowest BCUT2D eigenvalue weighted by atomic mass is 9.86. The zero-order valence-corrected chi connectivity index (χ0v) is 12.3. The molecule has 0 aliphatic carbocycles. The Labute approximate surface area is 115 Å². The van der Waals surface area contributed by atoms with E-state index in [1.165, 1.54) is 11.1 Å². The highest BCUT2D eigenvalue weighted by Crippen LogP contribution is 2.35. The molecule has 1 heterocycles. The second-order valence-electron chi connectivity index (χ2n) is 5.25. The molecule has 0 saturated carbocycles. The minimum Gasteiger partial charge on any atom is -0.378 e. The van der Waals surface area contributed by atoms with Crippen LogP contribution in [-0.2, 0) is 4.74 Å². The van der Waals surface area contributed by atoms with E-state index in [4.69, 9.17) is 16.3 Å². The van der Waals surface area contributed by atoms with Crippen LogP contribution in [-0.4, -0.2) is 19.8 Å². The van der Waals surface area contributed by atoms with Gasteiger partial charge in [-0.15, -0.1) is 0 Å². The molecule has 1 aliphatic heterocycles. The molecule has 0 spiro atoms. The predicted octanol–water partition coefficient (Wildman–Crippen LogP) is 3.64. The molecule has 2 rings (SSSR count). The number of aryl methyl sites for hydroxylation is 2. The maximum Gasteiger partial charge on any atom is 0.0594 e. The molecule has 1 fully saturated rings. The third-order valence-corrected chi connectivity index (χ3v) is 4.46. The van der Waals surface area contributed by atoms with Gasteiger partial charge in [-0.3, -0.25) is 0 Å². The van der Waals surface area contributed by atoms with Gasteiger partial charge in [-0.2, -0.15) is 0 Å². The normalized spacial score (nSPS) is 25.4. The van der Waals surface area contributed by atoms with Crippen molar-refractivity contribution in [3.8, 4) is 0 Å². The van der Waals surface area contributed by atoms with E-state index < -0.39 is 0 Å². The van der Waals surface area contributed by atoms with Crippen LogP contribution < -0.4 is 5.32 Å². The number of ether oxygens (including phenoxy) is 1. The van der Waals surface area contributed by atoms with E-state index in [1.807, 2.05) is 7.05 Å². The van der Waals surface area contributed by atoms with Gasteiger partial charge in [0.2, 0.25) is 0 Å². The molecule has 1 N–H and O–H groups in total. The van der Waals surface area contributed by atoms with Crippen LogP contribution in [0.4, 0.5) is 0 Å². The molecular formula is C15H22ClNO. The second kappa shape index (κ2) is 5.60. The lowest BCUT2D eigenvalue weighted by Crippen LogP contribution is -2.30. The number of nitrogens with one attached hydrogen (secondary N) is 1. The maximum atomic E-state index is 6.18. The summed E-state index contributed by atoms with van der Waals surface area (Å²) in [6.07, 6.45) is 1.44. The van der Waals surface area contributed by atoms with Crippen molar-refractivity contribution >= 4 is 11.6 Å². The molecular weight excluding hydrogens is 246 g/mol. The van der Waals surface area contributed by atoms with Gasteiger partial charge < -0.3 is 10.1 Å². The van der Waals surface area contributed by atoms with Gasteiger partial charge in [0.1, 0.15) is 0 Å². The molecule has 18 heavy (non-hydrogen) atoms. The van der Waals surface area contributed by atoms with Crippen LogP contribution in [0.1, 0.15) is 36.1 Å². The summed E-state index contributed by atoms with van der Waals surface area (Å²) >= 11 is 6.18. The summed E-state index contributed by atoms with van der Waals surface area (Å²) in [7, 11) is 2.03. The van der Waals surface area contributed by atoms with E-state index in [-0.39, 0.29) is 0 Å². The lowest BCUT2D eigenvalue weighted by molar-refractivity contribution is 0.0962. The summed E-state index contributed by atoms with van der Waals surface area (Å²) < 4.78 is 5.70. The van der Waals surface area contributed by atoms with E-state index in [0.717, 1.165) is 23.6 Å². The van der Waals surface area contributed by atoms with Gasteiger partial charge in [0, 0.05) is 23.6 Å². The first-order chi connectivity index (χ1) is 8.54. The van der Waals surface area contributed by atoms with E-state index in [1.54, 1.807) is 0 Å². The molecule has 0 radical (unpaired) electrons. The van der Waals surface area contributed by atoms with Gasteiger partial charge in [-0.1, -0.05) is 17.7 Å². The Kier molecular flexibility index (Phi) is 4.31. The Bertz CT molecular complexity index is 433. The summed E-state index contributed by atoms with van der Waals surface area (Å²) in [4.78, 5) is 0. The van der Waals surface area contributed by atoms with Crippen LogP contribution in [0.15, 0.2) is 12.1 Å². The molecule has 1 saturated heterocycles. The van der Waals surface area contributed by atoms with Gasteiger partial charge in [-0.05, 0) is 57.0 Å². The Morgan fingerprint density at radius 2 is 2.06 bits per heavy atom. The van der Waals surface area contributed by atoms with Crippen molar-refractivity contribution in [3.05, 3.63) is 33.8 Å². The summed E-state index contributed by atoms with van der Waals surface area (Å²) in [5.41, 5.74) is 3.75. The van der Waals surface area contributed by atoms with Crippen molar-refractivity contribution in [2.24, 2.45) is 5.92 Å². The number of hydrogen-bond acceptors (Lipinski definition) is 2. The topological polar surface area (TPSA) is 21.3 Å². The fourth-order valence-corrected chi connectivity index (χ4v) is 3.14. The van der Waals surface area contributed by atoms with E-state index in [0.29, 0.717) is 18.1 Å². The van der Waals surface area contributed by atoms with Gasteiger partial charge in [0.05, 0.1) is 6.10 Å². The van der Waals surface area contributed by atoms with Crippen LogP contribution in [0.25, 0.3) is 0 Å². The first kappa shape index (κ1) is 13.9. The van der Waals surface area contributed by atoms with Crippen LogP contribution in [0.5, 0.6) is 0 Å².